The number of thioether (sulfide) groups is 1. The van der Waals surface area contributed by atoms with Crippen molar-refractivity contribution in [3.63, 3.8) is 0 Å². The lowest BCUT2D eigenvalue weighted by Gasteiger charge is -2.14. The van der Waals surface area contributed by atoms with Crippen LogP contribution in [0.5, 0.6) is 0 Å². The van der Waals surface area contributed by atoms with Gasteiger partial charge in [0.15, 0.2) is 0 Å². The van der Waals surface area contributed by atoms with E-state index in [0.717, 1.165) is 31.4 Å². The molecule has 1 aliphatic heterocycles. The van der Waals surface area contributed by atoms with Crippen molar-refractivity contribution in [3.8, 4) is 0 Å². The Balaban J connectivity index is 1.95. The highest BCUT2D eigenvalue weighted by Gasteiger charge is 2.11. The smallest absolute Gasteiger partial charge is 0.313 e. The third kappa shape index (κ3) is 5.97. The van der Waals surface area contributed by atoms with Crippen LogP contribution in [-0.4, -0.2) is 59.6 Å². The molecular formula is C10H18N2O3S. The van der Waals surface area contributed by atoms with E-state index in [-0.39, 0.29) is 17.4 Å². The van der Waals surface area contributed by atoms with Crippen LogP contribution >= 0.6 is 11.8 Å². The maximum atomic E-state index is 11.3. The van der Waals surface area contributed by atoms with Gasteiger partial charge in [0.1, 0.15) is 0 Å². The van der Waals surface area contributed by atoms with E-state index in [0.29, 0.717) is 6.54 Å². The fraction of sp³-hybridized carbons (Fsp3) is 0.800. The number of hydrogen-bond acceptors (Lipinski definition) is 4. The molecule has 1 amide bonds. The van der Waals surface area contributed by atoms with Gasteiger partial charge < -0.3 is 15.3 Å². The molecule has 1 aliphatic rings. The second-order valence-electron chi connectivity index (χ2n) is 3.79. The summed E-state index contributed by atoms with van der Waals surface area (Å²) in [6.07, 6.45) is 2.50. The van der Waals surface area contributed by atoms with Gasteiger partial charge >= 0.3 is 5.97 Å². The molecule has 1 fully saturated rings. The average molecular weight is 246 g/mol. The second-order valence-corrected chi connectivity index (χ2v) is 4.77. The Morgan fingerprint density at radius 3 is 2.56 bits per heavy atom. The molecule has 0 aromatic heterocycles. The first-order valence-electron chi connectivity index (χ1n) is 5.47. The molecule has 0 aromatic carbocycles. The first-order chi connectivity index (χ1) is 7.68. The molecule has 0 radical (unpaired) electrons. The molecule has 0 bridgehead atoms. The third-order valence-electron chi connectivity index (χ3n) is 2.41. The minimum absolute atomic E-state index is 0.0143. The molecule has 0 aliphatic carbocycles. The summed E-state index contributed by atoms with van der Waals surface area (Å²) in [6.45, 7) is 3.81. The van der Waals surface area contributed by atoms with Gasteiger partial charge in [0.2, 0.25) is 5.91 Å². The van der Waals surface area contributed by atoms with Gasteiger partial charge in [-0.1, -0.05) is 0 Å². The molecule has 2 N–H and O–H groups in total. The summed E-state index contributed by atoms with van der Waals surface area (Å²) in [5.41, 5.74) is 0. The number of amides is 1. The number of nitrogens with zero attached hydrogens (tertiary/aromatic N) is 1. The van der Waals surface area contributed by atoms with Crippen molar-refractivity contribution in [2.75, 3.05) is 37.7 Å². The zero-order chi connectivity index (χ0) is 11.8. The molecule has 16 heavy (non-hydrogen) atoms. The normalized spacial score (nSPS) is 16.2. The van der Waals surface area contributed by atoms with Crippen LogP contribution in [0.3, 0.4) is 0 Å². The summed E-state index contributed by atoms with van der Waals surface area (Å²) in [7, 11) is 0. The predicted molar refractivity (Wildman–Crippen MR) is 63.6 cm³/mol. The number of carbonyl (C=O) groups excluding carboxylic acids is 1. The molecule has 0 saturated carbocycles. The van der Waals surface area contributed by atoms with Gasteiger partial charge in [-0.2, -0.15) is 0 Å². The summed E-state index contributed by atoms with van der Waals surface area (Å²) in [6, 6.07) is 0. The molecule has 1 rings (SSSR count). The van der Waals surface area contributed by atoms with E-state index in [1.165, 1.54) is 12.8 Å². The van der Waals surface area contributed by atoms with E-state index in [1.54, 1.807) is 0 Å². The second kappa shape index (κ2) is 7.51. The SMILES string of the molecule is O=C(O)CSCC(=O)NCCN1CCCC1. The highest BCUT2D eigenvalue weighted by molar-refractivity contribution is 8.00. The maximum absolute atomic E-state index is 11.3. The van der Waals surface area contributed by atoms with Gasteiger partial charge in [0.05, 0.1) is 11.5 Å². The highest BCUT2D eigenvalue weighted by Crippen LogP contribution is 2.05. The lowest BCUT2D eigenvalue weighted by atomic mass is 10.4. The maximum Gasteiger partial charge on any atom is 0.313 e. The van der Waals surface area contributed by atoms with E-state index < -0.39 is 5.97 Å². The van der Waals surface area contributed by atoms with Gasteiger partial charge in [-0.3, -0.25) is 9.59 Å². The third-order valence-corrected chi connectivity index (χ3v) is 3.32. The standard InChI is InChI=1S/C10H18N2O3S/c13-9(7-16-8-10(14)15)11-3-6-12-4-1-2-5-12/h1-8H2,(H,11,13)(H,14,15). The Morgan fingerprint density at radius 1 is 1.25 bits per heavy atom. The van der Waals surface area contributed by atoms with Crippen LogP contribution in [0, 0.1) is 0 Å². The molecule has 5 nitrogen and oxygen atoms in total. The topological polar surface area (TPSA) is 69.6 Å². The quantitative estimate of drug-likeness (QED) is 0.662. The predicted octanol–water partition coefficient (Wildman–Crippen LogP) is 0.0162. The van der Waals surface area contributed by atoms with Gasteiger partial charge in [-0.25, -0.2) is 0 Å². The van der Waals surface area contributed by atoms with Crippen LogP contribution in [0.15, 0.2) is 0 Å². The van der Waals surface area contributed by atoms with E-state index >= 15 is 0 Å². The van der Waals surface area contributed by atoms with Crippen LogP contribution in [0.25, 0.3) is 0 Å². The monoisotopic (exact) mass is 246 g/mol. The lowest BCUT2D eigenvalue weighted by molar-refractivity contribution is -0.133. The van der Waals surface area contributed by atoms with E-state index in [9.17, 15) is 9.59 Å². The summed E-state index contributed by atoms with van der Waals surface area (Å²) in [5.74, 6) is -0.744. The molecular weight excluding hydrogens is 228 g/mol. The Morgan fingerprint density at radius 2 is 1.94 bits per heavy atom. The molecule has 6 heteroatoms. The lowest BCUT2D eigenvalue weighted by Crippen LogP contribution is -2.34. The molecule has 0 spiro atoms. The largest absolute Gasteiger partial charge is 0.481 e. The molecule has 1 heterocycles. The number of aliphatic carboxylic acids is 1. The molecule has 0 aromatic rings. The molecule has 1 saturated heterocycles. The number of hydrogen-bond donors (Lipinski definition) is 2. The van der Waals surface area contributed by atoms with Gasteiger partial charge in [-0.05, 0) is 25.9 Å². The van der Waals surface area contributed by atoms with Gasteiger partial charge in [0, 0.05) is 13.1 Å². The molecule has 0 unspecified atom stereocenters. The number of likely N-dealkylation sites (tertiary alicyclic amines) is 1. The van der Waals surface area contributed by atoms with Crippen molar-refractivity contribution < 1.29 is 14.7 Å². The first-order valence-corrected chi connectivity index (χ1v) is 6.62. The summed E-state index contributed by atoms with van der Waals surface area (Å²) in [4.78, 5) is 23.8. The Kier molecular flexibility index (Phi) is 6.25. The number of rotatable bonds is 7. The van der Waals surface area contributed by atoms with E-state index in [1.807, 2.05) is 0 Å². The number of carbonyl (C=O) groups is 2. The minimum Gasteiger partial charge on any atom is -0.481 e. The Bertz CT molecular complexity index is 242. The van der Waals surface area contributed by atoms with Crippen molar-refractivity contribution in [3.05, 3.63) is 0 Å². The molecule has 92 valence electrons. The Hall–Kier alpha value is -0.750. The van der Waals surface area contributed by atoms with Crippen LogP contribution in [0.4, 0.5) is 0 Å². The number of nitrogens with one attached hydrogen (secondary N) is 1. The fourth-order valence-corrected chi connectivity index (χ4v) is 2.21. The van der Waals surface area contributed by atoms with Crippen LogP contribution in [0.2, 0.25) is 0 Å². The summed E-state index contributed by atoms with van der Waals surface area (Å²) < 4.78 is 0. The van der Waals surface area contributed by atoms with E-state index in [2.05, 4.69) is 10.2 Å². The average Bonchev–Trinajstić information content (AvgIpc) is 2.70. The summed E-state index contributed by atoms with van der Waals surface area (Å²) in [5, 5.41) is 11.2. The van der Waals surface area contributed by atoms with Crippen LogP contribution < -0.4 is 5.32 Å². The van der Waals surface area contributed by atoms with Crippen molar-refractivity contribution in [2.45, 2.75) is 12.8 Å². The minimum atomic E-state index is -0.880. The van der Waals surface area contributed by atoms with Crippen LogP contribution in [0.1, 0.15) is 12.8 Å². The van der Waals surface area contributed by atoms with Crippen molar-refractivity contribution in [2.24, 2.45) is 0 Å². The van der Waals surface area contributed by atoms with Gasteiger partial charge in [0.25, 0.3) is 0 Å². The van der Waals surface area contributed by atoms with Crippen LogP contribution in [-0.2, 0) is 9.59 Å². The first kappa shape index (κ1) is 13.3. The fourth-order valence-electron chi connectivity index (χ4n) is 1.64. The number of carboxylic acid groups (broad SMARTS) is 1. The van der Waals surface area contributed by atoms with Crippen molar-refractivity contribution >= 4 is 23.6 Å². The van der Waals surface area contributed by atoms with Gasteiger partial charge in [-0.15, -0.1) is 11.8 Å². The number of carboxylic acids is 1. The summed E-state index contributed by atoms with van der Waals surface area (Å²) >= 11 is 1.13. The zero-order valence-corrected chi connectivity index (χ0v) is 10.1. The zero-order valence-electron chi connectivity index (χ0n) is 9.28. The van der Waals surface area contributed by atoms with Crippen molar-refractivity contribution in [1.82, 2.24) is 10.2 Å². The highest BCUT2D eigenvalue weighted by atomic mass is 32.2. The van der Waals surface area contributed by atoms with Crippen molar-refractivity contribution in [1.29, 1.82) is 0 Å². The van der Waals surface area contributed by atoms with E-state index in [4.69, 9.17) is 5.11 Å². The molecule has 0 atom stereocenters. The Labute approximate surface area is 99.6 Å².